The van der Waals surface area contributed by atoms with Gasteiger partial charge in [-0.15, -0.1) is 0 Å². The maximum Gasteiger partial charge on any atom is 0.165 e. The van der Waals surface area contributed by atoms with Gasteiger partial charge in [-0.1, -0.05) is 54.9 Å². The maximum absolute atomic E-state index is 9.45. The third-order valence-electron chi connectivity index (χ3n) is 3.05. The standard InChI is InChI=1S/C16H19NO2/c1-2-3-9-15-14(12-18)16(19-17-15)11-10-13-7-5-4-6-8-13/h4-8,10-11,18H,2-3,9,12H2,1H3. The first-order valence-electron chi connectivity index (χ1n) is 6.66. The van der Waals surface area contributed by atoms with Crippen molar-refractivity contribution < 1.29 is 9.63 Å². The minimum absolute atomic E-state index is 0.0307. The van der Waals surface area contributed by atoms with E-state index in [0.29, 0.717) is 5.76 Å². The summed E-state index contributed by atoms with van der Waals surface area (Å²) in [7, 11) is 0. The molecule has 0 radical (unpaired) electrons. The largest absolute Gasteiger partial charge is 0.391 e. The molecule has 19 heavy (non-hydrogen) atoms. The van der Waals surface area contributed by atoms with Crippen LogP contribution in [0.15, 0.2) is 34.9 Å². The summed E-state index contributed by atoms with van der Waals surface area (Å²) >= 11 is 0. The van der Waals surface area contributed by atoms with Gasteiger partial charge in [0.2, 0.25) is 0 Å². The van der Waals surface area contributed by atoms with E-state index in [1.807, 2.05) is 42.5 Å². The zero-order valence-electron chi connectivity index (χ0n) is 11.2. The number of aliphatic hydroxyl groups excluding tert-OH is 1. The third kappa shape index (κ3) is 3.55. The van der Waals surface area contributed by atoms with Crippen LogP contribution in [0.2, 0.25) is 0 Å². The Hall–Kier alpha value is -1.87. The van der Waals surface area contributed by atoms with Crippen LogP contribution in [0.5, 0.6) is 0 Å². The highest BCUT2D eigenvalue weighted by Crippen LogP contribution is 2.19. The monoisotopic (exact) mass is 257 g/mol. The molecule has 0 fully saturated rings. The van der Waals surface area contributed by atoms with Crippen LogP contribution in [0.4, 0.5) is 0 Å². The summed E-state index contributed by atoms with van der Waals surface area (Å²) in [5, 5.41) is 13.5. The predicted molar refractivity (Wildman–Crippen MR) is 76.4 cm³/mol. The summed E-state index contributed by atoms with van der Waals surface area (Å²) in [4.78, 5) is 0. The summed E-state index contributed by atoms with van der Waals surface area (Å²) in [5.41, 5.74) is 2.77. The fourth-order valence-corrected chi connectivity index (χ4v) is 1.93. The van der Waals surface area contributed by atoms with Crippen LogP contribution >= 0.6 is 0 Å². The number of nitrogens with zero attached hydrogens (tertiary/aromatic N) is 1. The summed E-state index contributed by atoms with van der Waals surface area (Å²) in [5.74, 6) is 0.650. The minimum atomic E-state index is -0.0307. The van der Waals surface area contributed by atoms with E-state index in [1.54, 1.807) is 0 Å². The second kappa shape index (κ2) is 6.90. The van der Waals surface area contributed by atoms with Gasteiger partial charge in [-0.2, -0.15) is 0 Å². The highest BCUT2D eigenvalue weighted by molar-refractivity contribution is 5.68. The van der Waals surface area contributed by atoms with Crippen molar-refractivity contribution in [1.82, 2.24) is 5.16 Å². The van der Waals surface area contributed by atoms with Crippen LogP contribution < -0.4 is 0 Å². The lowest BCUT2D eigenvalue weighted by Gasteiger charge is -1.97. The van der Waals surface area contributed by atoms with Gasteiger partial charge in [-0.05, 0) is 24.5 Å². The van der Waals surface area contributed by atoms with Crippen LogP contribution in [-0.2, 0) is 13.0 Å². The van der Waals surface area contributed by atoms with Gasteiger partial charge in [0.05, 0.1) is 12.3 Å². The first-order valence-corrected chi connectivity index (χ1v) is 6.66. The number of aryl methyl sites for hydroxylation is 1. The Morgan fingerprint density at radius 2 is 2.00 bits per heavy atom. The minimum Gasteiger partial charge on any atom is -0.391 e. The summed E-state index contributed by atoms with van der Waals surface area (Å²) in [6.07, 6.45) is 6.84. The molecule has 0 unspecified atom stereocenters. The van der Waals surface area contributed by atoms with Crippen molar-refractivity contribution in [2.45, 2.75) is 32.8 Å². The normalized spacial score (nSPS) is 11.3. The first kappa shape index (κ1) is 13.6. The van der Waals surface area contributed by atoms with Crippen molar-refractivity contribution in [3.63, 3.8) is 0 Å². The summed E-state index contributed by atoms with van der Waals surface area (Å²) < 4.78 is 5.31. The fraction of sp³-hybridized carbons (Fsp3) is 0.312. The first-order chi connectivity index (χ1) is 9.35. The van der Waals surface area contributed by atoms with Crippen molar-refractivity contribution in [2.75, 3.05) is 0 Å². The molecule has 0 spiro atoms. The van der Waals surface area contributed by atoms with Gasteiger partial charge in [0.25, 0.3) is 0 Å². The zero-order chi connectivity index (χ0) is 13.5. The number of benzene rings is 1. The lowest BCUT2D eigenvalue weighted by Crippen LogP contribution is -1.93. The molecule has 2 rings (SSSR count). The maximum atomic E-state index is 9.45. The number of aromatic nitrogens is 1. The fourth-order valence-electron chi connectivity index (χ4n) is 1.93. The Labute approximate surface area is 113 Å². The van der Waals surface area contributed by atoms with Gasteiger partial charge in [-0.25, -0.2) is 0 Å². The van der Waals surface area contributed by atoms with Crippen LogP contribution in [-0.4, -0.2) is 10.3 Å². The van der Waals surface area contributed by atoms with Gasteiger partial charge in [0.1, 0.15) is 0 Å². The highest BCUT2D eigenvalue weighted by Gasteiger charge is 2.12. The molecule has 1 heterocycles. The molecule has 0 aliphatic rings. The molecule has 3 heteroatoms. The molecule has 2 aromatic rings. The third-order valence-corrected chi connectivity index (χ3v) is 3.05. The van der Waals surface area contributed by atoms with Crippen molar-refractivity contribution in [3.05, 3.63) is 52.9 Å². The Balaban J connectivity index is 2.16. The van der Waals surface area contributed by atoms with Gasteiger partial charge < -0.3 is 9.63 Å². The Kier molecular flexibility index (Phi) is 4.93. The second-order valence-corrected chi connectivity index (χ2v) is 4.48. The molecule has 0 bridgehead atoms. The van der Waals surface area contributed by atoms with Gasteiger partial charge in [0, 0.05) is 5.56 Å². The molecule has 0 amide bonds. The Morgan fingerprint density at radius 1 is 1.21 bits per heavy atom. The van der Waals surface area contributed by atoms with E-state index >= 15 is 0 Å². The van der Waals surface area contributed by atoms with Gasteiger partial charge in [0.15, 0.2) is 5.76 Å². The molecule has 3 nitrogen and oxygen atoms in total. The van der Waals surface area contributed by atoms with E-state index in [1.165, 1.54) is 0 Å². The number of unbranched alkanes of at least 4 members (excludes halogenated alkanes) is 1. The summed E-state index contributed by atoms with van der Waals surface area (Å²) in [6, 6.07) is 9.99. The average molecular weight is 257 g/mol. The number of rotatable bonds is 6. The Morgan fingerprint density at radius 3 is 2.68 bits per heavy atom. The molecule has 0 saturated heterocycles. The lowest BCUT2D eigenvalue weighted by atomic mass is 10.1. The highest BCUT2D eigenvalue weighted by atomic mass is 16.5. The van der Waals surface area contributed by atoms with E-state index in [2.05, 4.69) is 12.1 Å². The quantitative estimate of drug-likeness (QED) is 0.858. The Bertz CT molecular complexity index is 529. The molecule has 100 valence electrons. The second-order valence-electron chi connectivity index (χ2n) is 4.48. The van der Waals surface area contributed by atoms with E-state index in [4.69, 9.17) is 4.52 Å². The number of aliphatic hydroxyl groups is 1. The van der Waals surface area contributed by atoms with E-state index in [0.717, 1.165) is 36.1 Å². The molecule has 1 aromatic carbocycles. The topological polar surface area (TPSA) is 46.3 Å². The molecule has 1 N–H and O–H groups in total. The molecule has 0 saturated carbocycles. The van der Waals surface area contributed by atoms with E-state index in [9.17, 15) is 5.11 Å². The van der Waals surface area contributed by atoms with Crippen molar-refractivity contribution >= 4 is 12.2 Å². The molecular weight excluding hydrogens is 238 g/mol. The molecule has 1 aromatic heterocycles. The smallest absolute Gasteiger partial charge is 0.165 e. The summed E-state index contributed by atoms with van der Waals surface area (Å²) in [6.45, 7) is 2.10. The molecule has 0 aliphatic carbocycles. The molecule has 0 atom stereocenters. The van der Waals surface area contributed by atoms with E-state index < -0.39 is 0 Å². The van der Waals surface area contributed by atoms with E-state index in [-0.39, 0.29) is 6.61 Å². The lowest BCUT2D eigenvalue weighted by molar-refractivity contribution is 0.279. The van der Waals surface area contributed by atoms with Crippen LogP contribution in [0, 0.1) is 0 Å². The zero-order valence-corrected chi connectivity index (χ0v) is 11.2. The SMILES string of the molecule is CCCCc1noc(C=Cc2ccccc2)c1CO. The molecule has 0 aliphatic heterocycles. The van der Waals surface area contributed by atoms with Gasteiger partial charge >= 0.3 is 0 Å². The number of hydrogen-bond acceptors (Lipinski definition) is 3. The van der Waals surface area contributed by atoms with Crippen LogP contribution in [0.25, 0.3) is 12.2 Å². The predicted octanol–water partition coefficient (Wildman–Crippen LogP) is 3.68. The molecular formula is C16H19NO2. The van der Waals surface area contributed by atoms with Crippen molar-refractivity contribution in [1.29, 1.82) is 0 Å². The van der Waals surface area contributed by atoms with Crippen LogP contribution in [0.1, 0.15) is 42.3 Å². The number of hydrogen-bond donors (Lipinski definition) is 1. The average Bonchev–Trinajstić information content (AvgIpc) is 2.86. The van der Waals surface area contributed by atoms with Crippen molar-refractivity contribution in [3.8, 4) is 0 Å². The van der Waals surface area contributed by atoms with Gasteiger partial charge in [-0.3, -0.25) is 0 Å². The van der Waals surface area contributed by atoms with Crippen molar-refractivity contribution in [2.24, 2.45) is 0 Å². The van der Waals surface area contributed by atoms with Crippen LogP contribution in [0.3, 0.4) is 0 Å².